The molecule has 0 saturated carbocycles. The van der Waals surface area contributed by atoms with E-state index in [1.54, 1.807) is 12.1 Å². The van der Waals surface area contributed by atoms with Crippen molar-refractivity contribution in [3.05, 3.63) is 23.3 Å². The Morgan fingerprint density at radius 1 is 1.43 bits per heavy atom. The normalized spacial score (nSPS) is 16.0. The van der Waals surface area contributed by atoms with Crippen LogP contribution in [0.4, 0.5) is 0 Å². The van der Waals surface area contributed by atoms with Gasteiger partial charge < -0.3 is 9.35 Å². The van der Waals surface area contributed by atoms with Crippen LogP contribution in [0.5, 0.6) is 0 Å². The highest BCUT2D eigenvalue weighted by atomic mass is 32.8. The molecule has 14 heavy (non-hydrogen) atoms. The predicted molar refractivity (Wildman–Crippen MR) is 62.7 cm³/mol. The Kier molecular flexibility index (Phi) is 3.43. The van der Waals surface area contributed by atoms with Gasteiger partial charge in [0.15, 0.2) is 18.5 Å². The van der Waals surface area contributed by atoms with Crippen molar-refractivity contribution in [2.75, 3.05) is 0 Å². The lowest BCUT2D eigenvalue weighted by molar-refractivity contribution is 0.561. The summed E-state index contributed by atoms with van der Waals surface area (Å²) in [6, 6.07) is 3.15. The second-order valence-electron chi connectivity index (χ2n) is 3.16. The molecule has 1 unspecified atom stereocenters. The summed E-state index contributed by atoms with van der Waals surface area (Å²) in [5.41, 5.74) is 1.88. The topological polar surface area (TPSA) is 57.5 Å². The van der Waals surface area contributed by atoms with Crippen molar-refractivity contribution in [1.29, 1.82) is 0 Å². The Balaban J connectivity index is 3.46. The number of aryl methyl sites for hydroxylation is 1. The summed E-state index contributed by atoms with van der Waals surface area (Å²) in [6.07, 6.45) is 0. The molecular weight excluding hydrogens is 236 g/mol. The summed E-state index contributed by atoms with van der Waals surface area (Å²) in [4.78, 5) is 9.39. The average molecular weight is 248 g/mol. The molecule has 1 aromatic carbocycles. The smallest absolute Gasteiger partial charge is 0.188 e. The van der Waals surface area contributed by atoms with Crippen LogP contribution in [0, 0.1) is 13.8 Å². The van der Waals surface area contributed by atoms with E-state index in [1.807, 2.05) is 13.8 Å². The van der Waals surface area contributed by atoms with Crippen LogP contribution in [0.2, 0.25) is 0 Å². The molecule has 0 aliphatic carbocycles. The van der Waals surface area contributed by atoms with Crippen molar-refractivity contribution in [2.45, 2.75) is 18.7 Å². The molecule has 0 spiro atoms. The van der Waals surface area contributed by atoms with Gasteiger partial charge in [-0.1, -0.05) is 0 Å². The first-order chi connectivity index (χ1) is 6.36. The van der Waals surface area contributed by atoms with Crippen LogP contribution < -0.4 is 5.19 Å². The summed E-state index contributed by atoms with van der Waals surface area (Å²) in [5.74, 6) is 0. The molecule has 6 heteroatoms. The standard InChI is InChI=1S/C8H12O3S2Si/c1-5-3-7(13(9,10)12)4-8(14-11)6(5)2/h3-4,11H,14H2,1-2H3,(H,9,10,12). The molecule has 78 valence electrons. The Morgan fingerprint density at radius 3 is 2.43 bits per heavy atom. The van der Waals surface area contributed by atoms with Crippen molar-refractivity contribution < 1.29 is 13.6 Å². The zero-order chi connectivity index (χ0) is 10.9. The van der Waals surface area contributed by atoms with E-state index in [1.165, 1.54) is 0 Å². The van der Waals surface area contributed by atoms with Gasteiger partial charge in [-0.3, -0.25) is 0 Å². The average Bonchev–Trinajstić information content (AvgIpc) is 2.07. The highest BCUT2D eigenvalue weighted by molar-refractivity contribution is 8.29. The molecule has 1 aromatic rings. The van der Waals surface area contributed by atoms with Crippen LogP contribution >= 0.6 is 0 Å². The van der Waals surface area contributed by atoms with Crippen LogP contribution in [0.1, 0.15) is 11.1 Å². The van der Waals surface area contributed by atoms with Crippen LogP contribution in [0.25, 0.3) is 0 Å². The van der Waals surface area contributed by atoms with Gasteiger partial charge >= 0.3 is 0 Å². The van der Waals surface area contributed by atoms with E-state index in [2.05, 4.69) is 11.2 Å². The Morgan fingerprint density at radius 2 is 2.00 bits per heavy atom. The molecule has 3 nitrogen and oxygen atoms in total. The van der Waals surface area contributed by atoms with E-state index in [-0.39, 0.29) is 4.90 Å². The quantitative estimate of drug-likeness (QED) is 0.698. The van der Waals surface area contributed by atoms with E-state index < -0.39 is 18.5 Å². The second kappa shape index (κ2) is 4.07. The van der Waals surface area contributed by atoms with Crippen LogP contribution in [0.3, 0.4) is 0 Å². The van der Waals surface area contributed by atoms with Gasteiger partial charge in [-0.05, 0) is 42.3 Å². The first-order valence-electron chi connectivity index (χ1n) is 4.04. The molecule has 0 radical (unpaired) electrons. The Labute approximate surface area is 90.6 Å². The van der Waals surface area contributed by atoms with E-state index in [0.717, 1.165) is 16.3 Å². The zero-order valence-corrected chi connectivity index (χ0v) is 11.0. The first-order valence-corrected chi connectivity index (χ1v) is 7.82. The maximum absolute atomic E-state index is 11.2. The summed E-state index contributed by atoms with van der Waals surface area (Å²) in [6.45, 7) is 3.73. The number of benzene rings is 1. The Hall–Kier alpha value is -0.273. The summed E-state index contributed by atoms with van der Waals surface area (Å²) < 4.78 is 20.4. The van der Waals surface area contributed by atoms with Gasteiger partial charge in [0, 0.05) is 11.2 Å². The largest absolute Gasteiger partial charge is 0.433 e. The minimum absolute atomic E-state index is 0.229. The van der Waals surface area contributed by atoms with Crippen molar-refractivity contribution in [3.63, 3.8) is 0 Å². The molecule has 0 aromatic heterocycles. The summed E-state index contributed by atoms with van der Waals surface area (Å²) in [7, 11) is -4.65. The lowest BCUT2D eigenvalue weighted by atomic mass is 10.1. The lowest BCUT2D eigenvalue weighted by Gasteiger charge is -2.09. The molecule has 1 atom stereocenters. The molecular formula is C8H12O3S2Si. The van der Waals surface area contributed by atoms with E-state index in [0.29, 0.717) is 0 Å². The fraction of sp³-hybridized carbons (Fsp3) is 0.250. The number of hydrogen-bond donors (Lipinski definition) is 2. The van der Waals surface area contributed by atoms with Crippen molar-refractivity contribution in [3.8, 4) is 0 Å². The van der Waals surface area contributed by atoms with Crippen molar-refractivity contribution in [2.24, 2.45) is 0 Å². The van der Waals surface area contributed by atoms with Gasteiger partial charge in [-0.25, -0.2) is 4.21 Å². The molecule has 0 saturated heterocycles. The Bertz CT molecular complexity index is 454. The van der Waals surface area contributed by atoms with Gasteiger partial charge in [-0.2, -0.15) is 0 Å². The maximum Gasteiger partial charge on any atom is 0.188 e. The van der Waals surface area contributed by atoms with Crippen molar-refractivity contribution in [1.82, 2.24) is 0 Å². The van der Waals surface area contributed by atoms with Crippen LogP contribution in [-0.4, -0.2) is 23.3 Å². The first kappa shape index (κ1) is 11.8. The van der Waals surface area contributed by atoms with E-state index >= 15 is 0 Å². The molecule has 0 amide bonds. The molecule has 0 bridgehead atoms. The lowest BCUT2D eigenvalue weighted by Crippen LogP contribution is -2.20. The molecule has 0 aliphatic heterocycles. The van der Waals surface area contributed by atoms with E-state index in [4.69, 9.17) is 4.80 Å². The third-order valence-electron chi connectivity index (χ3n) is 2.22. The van der Waals surface area contributed by atoms with Crippen LogP contribution in [-0.2, 0) is 20.0 Å². The fourth-order valence-electron chi connectivity index (χ4n) is 1.21. The monoisotopic (exact) mass is 248 g/mol. The van der Waals surface area contributed by atoms with E-state index in [9.17, 15) is 8.76 Å². The molecule has 1 rings (SSSR count). The SMILES string of the molecule is Cc1cc(S(=O)(O)=S)cc([SiH2]O)c1C. The second-order valence-corrected chi connectivity index (χ2v) is 7.01. The summed E-state index contributed by atoms with van der Waals surface area (Å²) >= 11 is 4.48. The van der Waals surface area contributed by atoms with Gasteiger partial charge in [0.05, 0.1) is 4.90 Å². The predicted octanol–water partition coefficient (Wildman–Crippen LogP) is -0.417. The van der Waals surface area contributed by atoms with Gasteiger partial charge in [0.25, 0.3) is 0 Å². The molecule has 0 aliphatic rings. The fourth-order valence-corrected chi connectivity index (χ4v) is 3.09. The summed E-state index contributed by atoms with van der Waals surface area (Å²) in [5, 5.41) is 0.784. The minimum Gasteiger partial charge on any atom is -0.433 e. The minimum atomic E-state index is -3.33. The van der Waals surface area contributed by atoms with Crippen LogP contribution in [0.15, 0.2) is 17.0 Å². The molecule has 0 fully saturated rings. The highest BCUT2D eigenvalue weighted by Crippen LogP contribution is 2.12. The maximum atomic E-state index is 11.2. The number of hydrogen-bond acceptors (Lipinski definition) is 3. The number of rotatable bonds is 2. The third-order valence-corrected chi connectivity index (χ3v) is 4.70. The third kappa shape index (κ3) is 2.40. The molecule has 0 heterocycles. The molecule has 2 N–H and O–H groups in total. The van der Waals surface area contributed by atoms with Gasteiger partial charge in [-0.15, -0.1) is 0 Å². The van der Waals surface area contributed by atoms with Crippen molar-refractivity contribution >= 4 is 34.9 Å². The zero-order valence-electron chi connectivity index (χ0n) is 7.98. The van der Waals surface area contributed by atoms with Gasteiger partial charge in [0.1, 0.15) is 0 Å². The highest BCUT2D eigenvalue weighted by Gasteiger charge is 2.10. The van der Waals surface area contributed by atoms with Gasteiger partial charge in [0.2, 0.25) is 0 Å².